The third-order valence-corrected chi connectivity index (χ3v) is 4.70. The van der Waals surface area contributed by atoms with E-state index in [4.69, 9.17) is 0 Å². The van der Waals surface area contributed by atoms with Crippen molar-refractivity contribution in [2.24, 2.45) is 0 Å². The SMILES string of the molecule is C[C@H](C(=O)Nc1ccc2[nH]c(=O)[nH]c2c1)N(C)Cc1ccc(Br)cc1. The predicted molar refractivity (Wildman–Crippen MR) is 103 cm³/mol. The van der Waals surface area contributed by atoms with Crippen molar-refractivity contribution in [2.45, 2.75) is 19.5 Å². The number of carbonyl (C=O) groups is 1. The first-order valence-corrected chi connectivity index (χ1v) is 8.69. The van der Waals surface area contributed by atoms with Crippen molar-refractivity contribution in [3.63, 3.8) is 0 Å². The number of halogens is 1. The van der Waals surface area contributed by atoms with Crippen LogP contribution >= 0.6 is 15.9 Å². The van der Waals surface area contributed by atoms with Gasteiger partial charge in [0.15, 0.2) is 0 Å². The molecule has 1 aromatic heterocycles. The molecule has 0 aliphatic carbocycles. The maximum atomic E-state index is 12.5. The van der Waals surface area contributed by atoms with Crippen molar-refractivity contribution < 1.29 is 4.79 Å². The number of carbonyl (C=O) groups excluding carboxylic acids is 1. The van der Waals surface area contributed by atoms with E-state index in [2.05, 4.69) is 31.2 Å². The van der Waals surface area contributed by atoms with Gasteiger partial charge in [-0.2, -0.15) is 0 Å². The molecule has 1 heterocycles. The van der Waals surface area contributed by atoms with Crippen LogP contribution in [0.15, 0.2) is 51.7 Å². The van der Waals surface area contributed by atoms with Gasteiger partial charge in [0.2, 0.25) is 5.91 Å². The van der Waals surface area contributed by atoms with Gasteiger partial charge in [0, 0.05) is 16.7 Å². The summed E-state index contributed by atoms with van der Waals surface area (Å²) in [5.41, 5.74) is 2.90. The number of hydrogen-bond donors (Lipinski definition) is 3. The fourth-order valence-electron chi connectivity index (χ4n) is 2.57. The third kappa shape index (κ3) is 4.18. The van der Waals surface area contributed by atoms with Gasteiger partial charge in [-0.05, 0) is 49.9 Å². The molecule has 3 rings (SSSR count). The van der Waals surface area contributed by atoms with E-state index in [1.54, 1.807) is 18.2 Å². The zero-order valence-electron chi connectivity index (χ0n) is 14.0. The molecule has 0 bridgehead atoms. The van der Waals surface area contributed by atoms with Crippen LogP contribution in [0.25, 0.3) is 11.0 Å². The minimum Gasteiger partial charge on any atom is -0.325 e. The lowest BCUT2D eigenvalue weighted by Gasteiger charge is -2.24. The Labute approximate surface area is 153 Å². The van der Waals surface area contributed by atoms with Crippen LogP contribution in [0.3, 0.4) is 0 Å². The van der Waals surface area contributed by atoms with Gasteiger partial charge in [0.25, 0.3) is 0 Å². The average molecular weight is 403 g/mol. The molecule has 25 heavy (non-hydrogen) atoms. The summed E-state index contributed by atoms with van der Waals surface area (Å²) >= 11 is 3.42. The number of imidazole rings is 1. The highest BCUT2D eigenvalue weighted by atomic mass is 79.9. The highest BCUT2D eigenvalue weighted by Crippen LogP contribution is 2.16. The van der Waals surface area contributed by atoms with Crippen LogP contribution in [-0.2, 0) is 11.3 Å². The van der Waals surface area contributed by atoms with Gasteiger partial charge in [0.1, 0.15) is 0 Å². The average Bonchev–Trinajstić information content (AvgIpc) is 2.95. The van der Waals surface area contributed by atoms with E-state index in [1.807, 2.05) is 43.1 Å². The Morgan fingerprint density at radius 2 is 1.84 bits per heavy atom. The highest BCUT2D eigenvalue weighted by Gasteiger charge is 2.18. The van der Waals surface area contributed by atoms with Crippen molar-refractivity contribution in [3.05, 3.63) is 63.0 Å². The number of rotatable bonds is 5. The molecule has 1 atom stereocenters. The molecule has 0 radical (unpaired) electrons. The fraction of sp³-hybridized carbons (Fsp3) is 0.222. The van der Waals surface area contributed by atoms with Gasteiger partial charge in [-0.25, -0.2) is 4.79 Å². The molecule has 2 aromatic carbocycles. The number of aromatic amines is 2. The summed E-state index contributed by atoms with van der Waals surface area (Å²) in [6, 6.07) is 13.0. The quantitative estimate of drug-likeness (QED) is 0.613. The lowest BCUT2D eigenvalue weighted by Crippen LogP contribution is -2.39. The molecule has 1 amide bonds. The van der Waals surface area contributed by atoms with Crippen LogP contribution in [0.2, 0.25) is 0 Å². The number of amides is 1. The zero-order valence-corrected chi connectivity index (χ0v) is 15.6. The van der Waals surface area contributed by atoms with Crippen molar-refractivity contribution in [1.82, 2.24) is 14.9 Å². The maximum Gasteiger partial charge on any atom is 0.323 e. The Kier molecular flexibility index (Phi) is 5.06. The number of fused-ring (bicyclic) bond motifs is 1. The van der Waals surface area contributed by atoms with Crippen LogP contribution in [0.4, 0.5) is 5.69 Å². The van der Waals surface area contributed by atoms with Gasteiger partial charge < -0.3 is 15.3 Å². The molecule has 0 unspecified atom stereocenters. The first-order valence-electron chi connectivity index (χ1n) is 7.90. The Morgan fingerprint density at radius 1 is 1.16 bits per heavy atom. The van der Waals surface area contributed by atoms with E-state index in [0.29, 0.717) is 23.3 Å². The lowest BCUT2D eigenvalue weighted by atomic mass is 10.2. The lowest BCUT2D eigenvalue weighted by molar-refractivity contribution is -0.120. The van der Waals surface area contributed by atoms with Gasteiger partial charge in [-0.3, -0.25) is 9.69 Å². The second-order valence-corrected chi connectivity index (χ2v) is 6.96. The minimum atomic E-state index is -0.301. The minimum absolute atomic E-state index is 0.100. The van der Waals surface area contributed by atoms with E-state index in [1.165, 1.54) is 0 Å². The third-order valence-electron chi connectivity index (χ3n) is 4.17. The summed E-state index contributed by atoms with van der Waals surface area (Å²) in [6.45, 7) is 2.54. The summed E-state index contributed by atoms with van der Waals surface area (Å²) < 4.78 is 1.03. The smallest absolute Gasteiger partial charge is 0.323 e. The topological polar surface area (TPSA) is 81.0 Å². The molecule has 6 nitrogen and oxygen atoms in total. The molecule has 3 N–H and O–H groups in total. The Hall–Kier alpha value is -2.38. The fourth-order valence-corrected chi connectivity index (χ4v) is 2.84. The number of nitrogens with one attached hydrogen (secondary N) is 3. The molecule has 7 heteroatoms. The Bertz CT molecular complexity index is 946. The zero-order chi connectivity index (χ0) is 18.0. The highest BCUT2D eigenvalue weighted by molar-refractivity contribution is 9.10. The summed E-state index contributed by atoms with van der Waals surface area (Å²) in [4.78, 5) is 31.1. The standard InChI is InChI=1S/C18H19BrN4O2/c1-11(23(2)10-12-3-5-13(19)6-4-12)17(24)20-14-7-8-15-16(9-14)22-18(25)21-15/h3-9,11H,10H2,1-2H3,(H,20,24)(H2,21,22,25)/t11-/m1/s1. The Morgan fingerprint density at radius 3 is 2.56 bits per heavy atom. The molecule has 3 aromatic rings. The monoisotopic (exact) mass is 402 g/mol. The van der Waals surface area contributed by atoms with Crippen LogP contribution in [-0.4, -0.2) is 33.9 Å². The number of nitrogens with zero attached hydrogens (tertiary/aromatic N) is 1. The van der Waals surface area contributed by atoms with E-state index >= 15 is 0 Å². The van der Waals surface area contributed by atoms with E-state index < -0.39 is 0 Å². The molecule has 0 saturated carbocycles. The summed E-state index contributed by atoms with van der Waals surface area (Å²) in [5, 5.41) is 2.89. The number of benzene rings is 2. The second-order valence-electron chi connectivity index (χ2n) is 6.05. The molecule has 130 valence electrons. The van der Waals surface area contributed by atoms with Gasteiger partial charge >= 0.3 is 5.69 Å². The van der Waals surface area contributed by atoms with Crippen LogP contribution in [0.1, 0.15) is 12.5 Å². The molecule has 0 aliphatic heterocycles. The number of likely N-dealkylation sites (N-methyl/N-ethyl adjacent to an activating group) is 1. The first kappa shape index (κ1) is 17.4. The predicted octanol–water partition coefficient (Wildman–Crippen LogP) is 3.08. The Balaban J connectivity index is 1.66. The van der Waals surface area contributed by atoms with Gasteiger partial charge in [0.05, 0.1) is 17.1 Å². The number of anilines is 1. The van der Waals surface area contributed by atoms with Gasteiger partial charge in [-0.15, -0.1) is 0 Å². The van der Waals surface area contributed by atoms with Crippen molar-refractivity contribution in [2.75, 3.05) is 12.4 Å². The van der Waals surface area contributed by atoms with Crippen LogP contribution in [0, 0.1) is 0 Å². The van der Waals surface area contributed by atoms with E-state index in [9.17, 15) is 9.59 Å². The van der Waals surface area contributed by atoms with Crippen molar-refractivity contribution in [1.29, 1.82) is 0 Å². The normalized spacial score (nSPS) is 12.5. The van der Waals surface area contributed by atoms with Gasteiger partial charge in [-0.1, -0.05) is 28.1 Å². The van der Waals surface area contributed by atoms with E-state index in [0.717, 1.165) is 10.0 Å². The van der Waals surface area contributed by atoms with E-state index in [-0.39, 0.29) is 17.6 Å². The number of H-pyrrole nitrogens is 2. The number of aromatic nitrogens is 2. The molecule has 0 spiro atoms. The maximum absolute atomic E-state index is 12.5. The van der Waals surface area contributed by atoms with Crippen molar-refractivity contribution >= 4 is 38.6 Å². The summed E-state index contributed by atoms with van der Waals surface area (Å²) in [5.74, 6) is -0.100. The summed E-state index contributed by atoms with van der Waals surface area (Å²) in [7, 11) is 1.92. The molecule has 0 fully saturated rings. The molecular formula is C18H19BrN4O2. The van der Waals surface area contributed by atoms with Crippen molar-refractivity contribution in [3.8, 4) is 0 Å². The first-order chi connectivity index (χ1) is 11.9. The van der Waals surface area contributed by atoms with Crippen LogP contribution in [0.5, 0.6) is 0 Å². The largest absolute Gasteiger partial charge is 0.325 e. The van der Waals surface area contributed by atoms with Crippen LogP contribution < -0.4 is 11.0 Å². The molecule has 0 aliphatic rings. The molecule has 0 saturated heterocycles. The summed E-state index contributed by atoms with van der Waals surface area (Å²) in [6.07, 6.45) is 0. The molecular weight excluding hydrogens is 384 g/mol. The second kappa shape index (κ2) is 7.25. The number of hydrogen-bond acceptors (Lipinski definition) is 3.